The lowest BCUT2D eigenvalue weighted by Gasteiger charge is -2.25. The van der Waals surface area contributed by atoms with Gasteiger partial charge < -0.3 is 20.1 Å². The summed E-state index contributed by atoms with van der Waals surface area (Å²) in [5, 5.41) is 5.27. The number of esters is 1. The Hall–Kier alpha value is -2.57. The summed E-state index contributed by atoms with van der Waals surface area (Å²) in [5.41, 5.74) is 0.859. The average Bonchev–Trinajstić information content (AvgIpc) is 2.62. The highest BCUT2D eigenvalue weighted by atomic mass is 16.5. The molecule has 2 atom stereocenters. The fraction of sp³-hybridized carbons (Fsp3) is 0.526. The summed E-state index contributed by atoms with van der Waals surface area (Å²) >= 11 is 0. The molecular formula is C19H26N2O5. The van der Waals surface area contributed by atoms with Gasteiger partial charge in [0.05, 0.1) is 6.61 Å². The largest absolute Gasteiger partial charge is 0.464 e. The Morgan fingerprint density at radius 3 is 2.65 bits per heavy atom. The zero-order valence-corrected chi connectivity index (χ0v) is 15.2. The van der Waals surface area contributed by atoms with E-state index in [0.29, 0.717) is 25.9 Å². The lowest BCUT2D eigenvalue weighted by atomic mass is 10.0. The Morgan fingerprint density at radius 2 is 2.00 bits per heavy atom. The van der Waals surface area contributed by atoms with Crippen LogP contribution in [0.3, 0.4) is 0 Å². The van der Waals surface area contributed by atoms with Crippen molar-refractivity contribution in [1.29, 1.82) is 0 Å². The van der Waals surface area contributed by atoms with Crippen LogP contribution in [0.25, 0.3) is 0 Å². The van der Waals surface area contributed by atoms with Crippen LogP contribution >= 0.6 is 0 Å². The summed E-state index contributed by atoms with van der Waals surface area (Å²) in [6, 6.07) is 7.86. The molecule has 1 aliphatic rings. The fourth-order valence-corrected chi connectivity index (χ4v) is 2.69. The van der Waals surface area contributed by atoms with Crippen LogP contribution in [0.5, 0.6) is 0 Å². The zero-order valence-electron chi connectivity index (χ0n) is 15.2. The Bertz CT molecular complexity index is 618. The molecule has 2 N–H and O–H groups in total. The minimum atomic E-state index is -0.770. The molecule has 1 heterocycles. The Balaban J connectivity index is 1.89. The van der Waals surface area contributed by atoms with Crippen molar-refractivity contribution in [3.8, 4) is 0 Å². The van der Waals surface area contributed by atoms with Crippen LogP contribution in [0, 0.1) is 5.92 Å². The first-order valence-electron chi connectivity index (χ1n) is 8.90. The van der Waals surface area contributed by atoms with Gasteiger partial charge in [0.25, 0.3) is 0 Å². The number of cyclic esters (lactones) is 1. The summed E-state index contributed by atoms with van der Waals surface area (Å²) in [7, 11) is 0. The standard InChI is InChI=1S/C19H26N2O5/c1-13(2)11-16(17(22)20-15-9-6-10-25-18(15)23)21-19(24)26-12-14-7-4-3-5-8-14/h3-5,7-8,13,15-16H,6,9-12H2,1-2H3,(H,20,22)(H,21,24)/t15-,16-/m0/s1. The van der Waals surface area contributed by atoms with Gasteiger partial charge in [-0.3, -0.25) is 4.79 Å². The second-order valence-corrected chi connectivity index (χ2v) is 6.76. The number of nitrogens with one attached hydrogen (secondary N) is 2. The third kappa shape index (κ3) is 6.38. The first kappa shape index (κ1) is 19.8. The third-order valence-corrected chi connectivity index (χ3v) is 4.01. The van der Waals surface area contributed by atoms with Crippen LogP contribution in [0.1, 0.15) is 38.7 Å². The maximum Gasteiger partial charge on any atom is 0.408 e. The minimum Gasteiger partial charge on any atom is -0.464 e. The molecule has 26 heavy (non-hydrogen) atoms. The molecule has 2 rings (SSSR count). The van der Waals surface area contributed by atoms with Crippen LogP contribution < -0.4 is 10.6 Å². The molecule has 1 aromatic rings. The molecule has 0 bridgehead atoms. The highest BCUT2D eigenvalue weighted by Crippen LogP contribution is 2.10. The van der Waals surface area contributed by atoms with Crippen LogP contribution in [0.2, 0.25) is 0 Å². The molecule has 7 heteroatoms. The highest BCUT2D eigenvalue weighted by Gasteiger charge is 2.30. The van der Waals surface area contributed by atoms with Crippen molar-refractivity contribution in [2.45, 2.75) is 51.8 Å². The number of benzene rings is 1. The second-order valence-electron chi connectivity index (χ2n) is 6.76. The van der Waals surface area contributed by atoms with Crippen molar-refractivity contribution in [2.24, 2.45) is 5.92 Å². The van der Waals surface area contributed by atoms with Gasteiger partial charge in [0, 0.05) is 0 Å². The molecule has 7 nitrogen and oxygen atoms in total. The van der Waals surface area contributed by atoms with Crippen LogP contribution in [-0.4, -0.2) is 36.7 Å². The van der Waals surface area contributed by atoms with Gasteiger partial charge in [-0.15, -0.1) is 0 Å². The van der Waals surface area contributed by atoms with E-state index >= 15 is 0 Å². The lowest BCUT2D eigenvalue weighted by molar-refractivity contribution is -0.151. The van der Waals surface area contributed by atoms with Gasteiger partial charge in [-0.2, -0.15) is 0 Å². The fourth-order valence-electron chi connectivity index (χ4n) is 2.69. The summed E-state index contributed by atoms with van der Waals surface area (Å²) < 4.78 is 10.1. The zero-order chi connectivity index (χ0) is 18.9. The molecule has 0 aliphatic carbocycles. The molecule has 1 aromatic carbocycles. The van der Waals surface area contributed by atoms with Crippen molar-refractivity contribution in [2.75, 3.05) is 6.61 Å². The van der Waals surface area contributed by atoms with Gasteiger partial charge in [-0.25, -0.2) is 9.59 Å². The van der Waals surface area contributed by atoms with E-state index in [-0.39, 0.29) is 12.5 Å². The molecule has 142 valence electrons. The average molecular weight is 362 g/mol. The second kappa shape index (κ2) is 9.79. The molecule has 0 saturated carbocycles. The van der Waals surface area contributed by atoms with Gasteiger partial charge in [0.1, 0.15) is 18.7 Å². The molecule has 0 unspecified atom stereocenters. The van der Waals surface area contributed by atoms with Gasteiger partial charge in [0.2, 0.25) is 5.91 Å². The highest BCUT2D eigenvalue weighted by molar-refractivity contribution is 5.89. The quantitative estimate of drug-likeness (QED) is 0.725. The normalized spacial score (nSPS) is 18.0. The van der Waals surface area contributed by atoms with Crippen LogP contribution in [0.4, 0.5) is 4.79 Å². The first-order chi connectivity index (χ1) is 12.5. The van der Waals surface area contributed by atoms with E-state index in [0.717, 1.165) is 5.56 Å². The number of amides is 2. The van der Waals surface area contributed by atoms with Crippen LogP contribution in [0.15, 0.2) is 30.3 Å². The third-order valence-electron chi connectivity index (χ3n) is 4.01. The van der Waals surface area contributed by atoms with E-state index in [1.807, 2.05) is 44.2 Å². The van der Waals surface area contributed by atoms with Crippen molar-refractivity contribution in [3.05, 3.63) is 35.9 Å². The van der Waals surface area contributed by atoms with Crippen LogP contribution in [-0.2, 0) is 25.7 Å². The van der Waals surface area contributed by atoms with Crippen molar-refractivity contribution >= 4 is 18.0 Å². The number of hydrogen-bond donors (Lipinski definition) is 2. The number of ether oxygens (including phenoxy) is 2. The van der Waals surface area contributed by atoms with E-state index in [9.17, 15) is 14.4 Å². The number of rotatable bonds is 7. The molecule has 0 aromatic heterocycles. The Labute approximate surface area is 153 Å². The summed E-state index contributed by atoms with van der Waals surface area (Å²) in [6.07, 6.45) is 1.02. The molecule has 1 saturated heterocycles. The summed E-state index contributed by atoms with van der Waals surface area (Å²) in [5.74, 6) is -0.655. The van der Waals surface area contributed by atoms with Crippen molar-refractivity contribution in [1.82, 2.24) is 10.6 Å². The van der Waals surface area contributed by atoms with Gasteiger partial charge in [0.15, 0.2) is 0 Å². The number of carbonyl (C=O) groups excluding carboxylic acids is 3. The Kier molecular flexibility index (Phi) is 7.44. The molecule has 1 fully saturated rings. The molecule has 1 aliphatic heterocycles. The number of alkyl carbamates (subject to hydrolysis) is 1. The minimum absolute atomic E-state index is 0.123. The van der Waals surface area contributed by atoms with Crippen molar-refractivity contribution < 1.29 is 23.9 Å². The molecule has 0 radical (unpaired) electrons. The van der Waals surface area contributed by atoms with Gasteiger partial charge in [-0.1, -0.05) is 44.2 Å². The van der Waals surface area contributed by atoms with E-state index in [2.05, 4.69) is 10.6 Å². The monoisotopic (exact) mass is 362 g/mol. The molecule has 2 amide bonds. The van der Waals surface area contributed by atoms with E-state index in [1.165, 1.54) is 0 Å². The maximum absolute atomic E-state index is 12.5. The smallest absolute Gasteiger partial charge is 0.408 e. The molecular weight excluding hydrogens is 336 g/mol. The first-order valence-corrected chi connectivity index (χ1v) is 8.90. The number of carbonyl (C=O) groups is 3. The van der Waals surface area contributed by atoms with Crippen molar-refractivity contribution in [3.63, 3.8) is 0 Å². The lowest BCUT2D eigenvalue weighted by Crippen LogP contribution is -2.53. The van der Waals surface area contributed by atoms with E-state index in [4.69, 9.17) is 9.47 Å². The predicted octanol–water partition coefficient (Wildman–Crippen LogP) is 2.15. The number of hydrogen-bond acceptors (Lipinski definition) is 5. The molecule has 0 spiro atoms. The van der Waals surface area contributed by atoms with E-state index in [1.54, 1.807) is 0 Å². The van der Waals surface area contributed by atoms with Gasteiger partial charge in [-0.05, 0) is 30.7 Å². The maximum atomic E-state index is 12.5. The SMILES string of the molecule is CC(C)C[C@H](NC(=O)OCc1ccccc1)C(=O)N[C@H]1CCCOC1=O. The Morgan fingerprint density at radius 1 is 1.27 bits per heavy atom. The topological polar surface area (TPSA) is 93.7 Å². The predicted molar refractivity (Wildman–Crippen MR) is 95.1 cm³/mol. The van der Waals surface area contributed by atoms with Gasteiger partial charge >= 0.3 is 12.1 Å². The van der Waals surface area contributed by atoms with E-state index < -0.39 is 30.1 Å². The summed E-state index contributed by atoms with van der Waals surface area (Å²) in [6.45, 7) is 4.40. The summed E-state index contributed by atoms with van der Waals surface area (Å²) in [4.78, 5) is 36.3.